The fourth-order valence-corrected chi connectivity index (χ4v) is 1.91. The van der Waals surface area contributed by atoms with Crippen molar-refractivity contribution in [2.45, 2.75) is 26.3 Å². The second kappa shape index (κ2) is 6.75. The lowest BCUT2D eigenvalue weighted by Gasteiger charge is -2.08. The van der Waals surface area contributed by atoms with Crippen molar-refractivity contribution >= 4 is 0 Å². The van der Waals surface area contributed by atoms with Crippen LogP contribution in [0.5, 0.6) is 5.75 Å². The minimum absolute atomic E-state index is 0.297. The summed E-state index contributed by atoms with van der Waals surface area (Å²) in [6.07, 6.45) is 2.93. The first-order chi connectivity index (χ1) is 9.70. The predicted octanol–water partition coefficient (Wildman–Crippen LogP) is 1.57. The van der Waals surface area contributed by atoms with E-state index in [1.807, 2.05) is 37.3 Å². The van der Waals surface area contributed by atoms with Crippen LogP contribution in [0.3, 0.4) is 0 Å². The molecule has 2 rings (SSSR count). The highest BCUT2D eigenvalue weighted by molar-refractivity contribution is 5.20. The topological polar surface area (TPSA) is 64.1 Å². The number of aryl methyl sites for hydroxylation is 2. The molecule has 0 aliphatic heterocycles. The second-order valence-electron chi connectivity index (χ2n) is 4.48. The number of H-pyrrole nitrogens is 1. The Balaban J connectivity index is 1.91. The molecule has 0 spiro atoms. The first-order valence-electron chi connectivity index (χ1n) is 6.71. The van der Waals surface area contributed by atoms with Crippen molar-refractivity contribution in [3.63, 3.8) is 0 Å². The SMILES string of the molecule is CCc1cn(CCCOc2ccccc2)c(=O)[nH]c1=O. The first-order valence-corrected chi connectivity index (χ1v) is 6.71. The van der Waals surface area contributed by atoms with Crippen LogP contribution in [-0.2, 0) is 13.0 Å². The van der Waals surface area contributed by atoms with Crippen LogP contribution in [0.15, 0.2) is 46.1 Å². The highest BCUT2D eigenvalue weighted by Gasteiger charge is 2.02. The van der Waals surface area contributed by atoms with Gasteiger partial charge in [-0.3, -0.25) is 9.78 Å². The summed E-state index contributed by atoms with van der Waals surface area (Å²) in [6.45, 7) is 2.93. The zero-order chi connectivity index (χ0) is 14.4. The Kier molecular flexibility index (Phi) is 4.76. The van der Waals surface area contributed by atoms with Gasteiger partial charge in [0.2, 0.25) is 0 Å². The van der Waals surface area contributed by atoms with E-state index in [0.29, 0.717) is 31.6 Å². The molecule has 0 amide bonds. The minimum Gasteiger partial charge on any atom is -0.494 e. The zero-order valence-corrected chi connectivity index (χ0v) is 11.5. The number of hydrogen-bond donors (Lipinski definition) is 1. The maximum absolute atomic E-state index is 11.6. The molecule has 2 aromatic rings. The van der Waals surface area contributed by atoms with Gasteiger partial charge in [-0.25, -0.2) is 4.79 Å². The van der Waals surface area contributed by atoms with Gasteiger partial charge in [0, 0.05) is 18.3 Å². The van der Waals surface area contributed by atoms with Crippen LogP contribution in [0.4, 0.5) is 0 Å². The summed E-state index contributed by atoms with van der Waals surface area (Å²) in [4.78, 5) is 25.4. The lowest BCUT2D eigenvalue weighted by Crippen LogP contribution is -2.31. The molecule has 0 atom stereocenters. The van der Waals surface area contributed by atoms with Crippen molar-refractivity contribution in [3.05, 3.63) is 62.9 Å². The number of hydrogen-bond acceptors (Lipinski definition) is 3. The minimum atomic E-state index is -0.369. The van der Waals surface area contributed by atoms with Crippen LogP contribution < -0.4 is 16.0 Å². The Morgan fingerprint density at radius 3 is 2.65 bits per heavy atom. The molecule has 1 aromatic carbocycles. The van der Waals surface area contributed by atoms with Crippen LogP contribution in [0, 0.1) is 0 Å². The molecule has 0 unspecified atom stereocenters. The van der Waals surface area contributed by atoms with E-state index in [9.17, 15) is 9.59 Å². The van der Waals surface area contributed by atoms with Crippen molar-refractivity contribution in [1.29, 1.82) is 0 Å². The normalized spacial score (nSPS) is 10.4. The highest BCUT2D eigenvalue weighted by atomic mass is 16.5. The molecule has 0 saturated carbocycles. The summed E-state index contributed by atoms with van der Waals surface area (Å²) in [7, 11) is 0. The van der Waals surface area contributed by atoms with Gasteiger partial charge in [0.25, 0.3) is 5.56 Å². The van der Waals surface area contributed by atoms with Crippen molar-refractivity contribution in [2.75, 3.05) is 6.61 Å². The summed E-state index contributed by atoms with van der Waals surface area (Å²) in [5, 5.41) is 0. The fourth-order valence-electron chi connectivity index (χ4n) is 1.91. The molecule has 5 heteroatoms. The Morgan fingerprint density at radius 1 is 1.20 bits per heavy atom. The van der Waals surface area contributed by atoms with Crippen molar-refractivity contribution in [2.24, 2.45) is 0 Å². The summed E-state index contributed by atoms with van der Waals surface area (Å²) in [5.41, 5.74) is -0.0465. The van der Waals surface area contributed by atoms with Gasteiger partial charge in [-0.2, -0.15) is 0 Å². The average Bonchev–Trinajstić information content (AvgIpc) is 2.46. The molecule has 0 aliphatic carbocycles. The zero-order valence-electron chi connectivity index (χ0n) is 11.5. The summed E-state index contributed by atoms with van der Waals surface area (Å²) in [5.74, 6) is 0.815. The maximum Gasteiger partial charge on any atom is 0.328 e. The molecule has 1 heterocycles. The number of aromatic nitrogens is 2. The van der Waals surface area contributed by atoms with E-state index in [0.717, 1.165) is 5.75 Å². The molecule has 106 valence electrons. The van der Waals surface area contributed by atoms with Crippen molar-refractivity contribution in [3.8, 4) is 5.75 Å². The van der Waals surface area contributed by atoms with Gasteiger partial charge in [-0.05, 0) is 25.0 Å². The van der Waals surface area contributed by atoms with Gasteiger partial charge < -0.3 is 9.30 Å². The number of benzene rings is 1. The molecule has 20 heavy (non-hydrogen) atoms. The quantitative estimate of drug-likeness (QED) is 0.813. The van der Waals surface area contributed by atoms with E-state index in [2.05, 4.69) is 4.98 Å². The molecular weight excluding hydrogens is 256 g/mol. The van der Waals surface area contributed by atoms with Crippen molar-refractivity contribution < 1.29 is 4.74 Å². The predicted molar refractivity (Wildman–Crippen MR) is 77.3 cm³/mol. The van der Waals surface area contributed by atoms with Crippen molar-refractivity contribution in [1.82, 2.24) is 9.55 Å². The van der Waals surface area contributed by atoms with E-state index in [4.69, 9.17) is 4.74 Å². The Morgan fingerprint density at radius 2 is 1.95 bits per heavy atom. The first kappa shape index (κ1) is 14.1. The molecule has 1 aromatic heterocycles. The largest absolute Gasteiger partial charge is 0.494 e. The fraction of sp³-hybridized carbons (Fsp3) is 0.333. The van der Waals surface area contributed by atoms with Crippen LogP contribution in [0.25, 0.3) is 0 Å². The molecule has 1 N–H and O–H groups in total. The Labute approximate surface area is 116 Å². The van der Waals surface area contributed by atoms with E-state index in [-0.39, 0.29) is 11.2 Å². The molecular formula is C15H18N2O3. The third-order valence-electron chi connectivity index (χ3n) is 3.02. The molecule has 5 nitrogen and oxygen atoms in total. The Bertz CT molecular complexity index is 659. The van der Waals surface area contributed by atoms with Crippen LogP contribution in [0.1, 0.15) is 18.9 Å². The number of rotatable bonds is 6. The maximum atomic E-state index is 11.6. The number of nitrogens with zero attached hydrogens (tertiary/aromatic N) is 1. The van der Waals surface area contributed by atoms with Gasteiger partial charge >= 0.3 is 5.69 Å². The third kappa shape index (κ3) is 3.60. The molecule has 0 bridgehead atoms. The van der Waals surface area contributed by atoms with E-state index in [1.165, 1.54) is 4.57 Å². The third-order valence-corrected chi connectivity index (χ3v) is 3.02. The smallest absolute Gasteiger partial charge is 0.328 e. The highest BCUT2D eigenvalue weighted by Crippen LogP contribution is 2.08. The second-order valence-corrected chi connectivity index (χ2v) is 4.48. The van der Waals surface area contributed by atoms with Gasteiger partial charge in [0.05, 0.1) is 6.61 Å². The van der Waals surface area contributed by atoms with E-state index >= 15 is 0 Å². The number of ether oxygens (including phenoxy) is 1. The average molecular weight is 274 g/mol. The molecule has 0 fully saturated rings. The van der Waals surface area contributed by atoms with E-state index in [1.54, 1.807) is 6.20 Å². The lowest BCUT2D eigenvalue weighted by atomic mass is 10.2. The van der Waals surface area contributed by atoms with E-state index < -0.39 is 0 Å². The van der Waals surface area contributed by atoms with Crippen LogP contribution >= 0.6 is 0 Å². The number of para-hydroxylation sites is 1. The number of nitrogens with one attached hydrogen (secondary N) is 1. The van der Waals surface area contributed by atoms with Gasteiger partial charge in [0.15, 0.2) is 0 Å². The summed E-state index contributed by atoms with van der Waals surface area (Å²) < 4.78 is 7.08. The van der Waals surface area contributed by atoms with Gasteiger partial charge in [-0.1, -0.05) is 25.1 Å². The van der Waals surface area contributed by atoms with Gasteiger partial charge in [0.1, 0.15) is 5.75 Å². The molecule has 0 radical (unpaired) electrons. The number of aromatic amines is 1. The summed E-state index contributed by atoms with van der Waals surface area (Å²) >= 11 is 0. The lowest BCUT2D eigenvalue weighted by molar-refractivity contribution is 0.300. The Hall–Kier alpha value is -2.30. The monoisotopic (exact) mass is 274 g/mol. The molecule has 0 aliphatic rings. The van der Waals surface area contributed by atoms with Gasteiger partial charge in [-0.15, -0.1) is 0 Å². The van der Waals surface area contributed by atoms with Crippen LogP contribution in [0.2, 0.25) is 0 Å². The standard InChI is InChI=1S/C15H18N2O3/c1-2-12-11-17(15(19)16-14(12)18)9-6-10-20-13-7-4-3-5-8-13/h3-5,7-8,11H,2,6,9-10H2,1H3,(H,16,18,19). The summed E-state index contributed by atoms with van der Waals surface area (Å²) in [6, 6.07) is 9.53. The van der Waals surface area contributed by atoms with Crippen LogP contribution in [-0.4, -0.2) is 16.2 Å². The molecule has 0 saturated heterocycles.